The maximum Gasteiger partial charge on any atom is 0.263 e. The Kier molecular flexibility index (Phi) is 5.66. The van der Waals surface area contributed by atoms with E-state index in [1.807, 2.05) is 0 Å². The van der Waals surface area contributed by atoms with Crippen LogP contribution in [-0.2, 0) is 27.6 Å². The Morgan fingerprint density at radius 2 is 2.07 bits per heavy atom. The highest BCUT2D eigenvalue weighted by Gasteiger charge is 2.28. The molecule has 10 heteroatoms. The fraction of sp³-hybridized carbons (Fsp3) is 0.412. The largest absolute Gasteiger partial charge is 0.488 e. The standard InChI is InChI=1S/C17H19F3N2O4S/c1-25-10-2-3-11-14(6-10)21-9-17(11)27(23,24)22-15-7-13(20)16(8-12(15)19)26-5-4-18/h7-10,21-22H,2-6H2,1H3. The number of hydrogen-bond donors (Lipinski definition) is 2. The molecule has 1 heterocycles. The van der Waals surface area contributed by atoms with Crippen molar-refractivity contribution in [2.75, 3.05) is 25.1 Å². The van der Waals surface area contributed by atoms with E-state index in [0.717, 1.165) is 5.69 Å². The zero-order valence-corrected chi connectivity index (χ0v) is 15.3. The second-order valence-corrected chi connectivity index (χ2v) is 7.77. The summed E-state index contributed by atoms with van der Waals surface area (Å²) < 4.78 is 77.7. The van der Waals surface area contributed by atoms with Crippen molar-refractivity contribution in [1.29, 1.82) is 0 Å². The summed E-state index contributed by atoms with van der Waals surface area (Å²) >= 11 is 0. The number of methoxy groups -OCH3 is 1. The maximum atomic E-state index is 14.2. The Morgan fingerprint density at radius 3 is 2.78 bits per heavy atom. The topological polar surface area (TPSA) is 80.4 Å². The fourth-order valence-corrected chi connectivity index (χ4v) is 4.39. The molecule has 1 unspecified atom stereocenters. The van der Waals surface area contributed by atoms with E-state index in [4.69, 9.17) is 9.47 Å². The lowest BCUT2D eigenvalue weighted by molar-refractivity contribution is 0.0901. The first kappa shape index (κ1) is 19.6. The molecule has 0 amide bonds. The van der Waals surface area contributed by atoms with Gasteiger partial charge in [0.1, 0.15) is 18.2 Å². The van der Waals surface area contributed by atoms with E-state index < -0.39 is 46.4 Å². The first-order valence-electron chi connectivity index (χ1n) is 8.28. The van der Waals surface area contributed by atoms with Gasteiger partial charge in [-0.05, 0) is 18.4 Å². The lowest BCUT2D eigenvalue weighted by atomic mass is 9.95. The summed E-state index contributed by atoms with van der Waals surface area (Å²) in [6.45, 7) is -1.29. The van der Waals surface area contributed by atoms with Crippen LogP contribution in [0, 0.1) is 11.6 Å². The summed E-state index contributed by atoms with van der Waals surface area (Å²) in [6, 6.07) is 1.35. The molecule has 0 radical (unpaired) electrons. The van der Waals surface area contributed by atoms with Gasteiger partial charge in [0.15, 0.2) is 17.4 Å². The number of H-pyrrole nitrogens is 1. The Hall–Kier alpha value is -2.20. The lowest BCUT2D eigenvalue weighted by Crippen LogP contribution is -2.22. The minimum absolute atomic E-state index is 0.00284. The number of anilines is 1. The normalized spacial score (nSPS) is 16.8. The molecule has 0 aliphatic heterocycles. The molecule has 0 spiro atoms. The molecule has 1 aromatic carbocycles. The third kappa shape index (κ3) is 4.06. The fourth-order valence-electron chi connectivity index (χ4n) is 3.07. The molecule has 2 N–H and O–H groups in total. The molecule has 1 aromatic heterocycles. The van der Waals surface area contributed by atoms with Crippen molar-refractivity contribution in [2.24, 2.45) is 0 Å². The van der Waals surface area contributed by atoms with Crippen molar-refractivity contribution in [3.05, 3.63) is 41.2 Å². The Bertz CT molecular complexity index is 931. The van der Waals surface area contributed by atoms with Crippen molar-refractivity contribution < 1.29 is 31.1 Å². The van der Waals surface area contributed by atoms with Crippen LogP contribution >= 0.6 is 0 Å². The van der Waals surface area contributed by atoms with Crippen LogP contribution < -0.4 is 9.46 Å². The summed E-state index contributed by atoms with van der Waals surface area (Å²) in [5, 5.41) is 0. The Balaban J connectivity index is 1.86. The van der Waals surface area contributed by atoms with Crippen molar-refractivity contribution in [3.8, 4) is 5.75 Å². The van der Waals surface area contributed by atoms with E-state index in [1.165, 1.54) is 6.20 Å². The summed E-state index contributed by atoms with van der Waals surface area (Å²) in [4.78, 5) is 2.91. The van der Waals surface area contributed by atoms with Gasteiger partial charge in [0, 0.05) is 37.6 Å². The molecule has 1 aliphatic rings. The zero-order chi connectivity index (χ0) is 19.6. The summed E-state index contributed by atoms with van der Waals surface area (Å²) in [6.07, 6.45) is 3.03. The van der Waals surface area contributed by atoms with E-state index >= 15 is 0 Å². The van der Waals surface area contributed by atoms with E-state index in [9.17, 15) is 21.6 Å². The van der Waals surface area contributed by atoms with Crippen LogP contribution in [-0.4, -0.2) is 39.9 Å². The van der Waals surface area contributed by atoms with E-state index in [0.29, 0.717) is 37.0 Å². The number of alkyl halides is 1. The monoisotopic (exact) mass is 404 g/mol. The molecule has 2 aromatic rings. The minimum Gasteiger partial charge on any atom is -0.488 e. The van der Waals surface area contributed by atoms with Crippen LogP contribution in [0.15, 0.2) is 23.2 Å². The predicted molar refractivity (Wildman–Crippen MR) is 92.3 cm³/mol. The molecule has 148 valence electrons. The Morgan fingerprint density at radius 1 is 1.30 bits per heavy atom. The van der Waals surface area contributed by atoms with Crippen molar-refractivity contribution in [3.63, 3.8) is 0 Å². The number of hydrogen-bond acceptors (Lipinski definition) is 4. The first-order valence-corrected chi connectivity index (χ1v) is 9.76. The van der Waals surface area contributed by atoms with E-state index in [1.54, 1.807) is 7.11 Å². The van der Waals surface area contributed by atoms with Gasteiger partial charge in [-0.25, -0.2) is 21.6 Å². The van der Waals surface area contributed by atoms with Gasteiger partial charge in [0.05, 0.1) is 11.8 Å². The number of benzene rings is 1. The van der Waals surface area contributed by atoms with Gasteiger partial charge >= 0.3 is 0 Å². The SMILES string of the molecule is COC1CCc2c(S(=O)(=O)Nc3cc(F)c(OCCF)cc3F)c[nH]c2C1. The molecule has 0 saturated carbocycles. The van der Waals surface area contributed by atoms with E-state index in [-0.39, 0.29) is 11.0 Å². The van der Waals surface area contributed by atoms with Crippen LogP contribution in [0.25, 0.3) is 0 Å². The van der Waals surface area contributed by atoms with Crippen LogP contribution in [0.3, 0.4) is 0 Å². The smallest absolute Gasteiger partial charge is 0.263 e. The van der Waals surface area contributed by atoms with Crippen LogP contribution in [0.1, 0.15) is 17.7 Å². The highest BCUT2D eigenvalue weighted by molar-refractivity contribution is 7.92. The Labute approximate surface area is 154 Å². The van der Waals surface area contributed by atoms with Gasteiger partial charge < -0.3 is 14.5 Å². The van der Waals surface area contributed by atoms with Gasteiger partial charge in [-0.1, -0.05) is 0 Å². The summed E-state index contributed by atoms with van der Waals surface area (Å²) in [7, 11) is -2.54. The second-order valence-electron chi connectivity index (χ2n) is 6.12. The number of sulfonamides is 1. The van der Waals surface area contributed by atoms with Crippen molar-refractivity contribution in [2.45, 2.75) is 30.3 Å². The number of ether oxygens (including phenoxy) is 2. The average Bonchev–Trinajstić information content (AvgIpc) is 3.07. The number of aromatic nitrogens is 1. The van der Waals surface area contributed by atoms with E-state index in [2.05, 4.69) is 9.71 Å². The molecule has 0 fully saturated rings. The zero-order valence-electron chi connectivity index (χ0n) is 14.5. The molecule has 0 saturated heterocycles. The number of halogens is 3. The van der Waals surface area contributed by atoms with Crippen molar-refractivity contribution >= 4 is 15.7 Å². The third-order valence-electron chi connectivity index (χ3n) is 4.41. The number of rotatable bonds is 7. The number of nitrogens with one attached hydrogen (secondary N) is 2. The van der Waals surface area contributed by atoms with Gasteiger partial charge in [0.2, 0.25) is 0 Å². The maximum absolute atomic E-state index is 14.2. The van der Waals surface area contributed by atoms with Gasteiger partial charge in [0.25, 0.3) is 10.0 Å². The first-order chi connectivity index (χ1) is 12.9. The molecule has 27 heavy (non-hydrogen) atoms. The highest BCUT2D eigenvalue weighted by atomic mass is 32.2. The quantitative estimate of drug-likeness (QED) is 0.744. The van der Waals surface area contributed by atoms with Gasteiger partial charge in [-0.15, -0.1) is 0 Å². The number of fused-ring (bicyclic) bond motifs is 1. The average molecular weight is 404 g/mol. The lowest BCUT2D eigenvalue weighted by Gasteiger charge is -2.21. The molecular formula is C17H19F3N2O4S. The van der Waals surface area contributed by atoms with Crippen LogP contribution in [0.5, 0.6) is 5.75 Å². The molecule has 0 bridgehead atoms. The van der Waals surface area contributed by atoms with Crippen LogP contribution in [0.2, 0.25) is 0 Å². The summed E-state index contributed by atoms with van der Waals surface area (Å²) in [5.41, 5.74) is 0.801. The van der Waals surface area contributed by atoms with Crippen molar-refractivity contribution in [1.82, 2.24) is 4.98 Å². The molecule has 1 aliphatic carbocycles. The molecule has 6 nitrogen and oxygen atoms in total. The minimum atomic E-state index is -4.13. The highest BCUT2D eigenvalue weighted by Crippen LogP contribution is 2.31. The molecular weight excluding hydrogens is 385 g/mol. The third-order valence-corrected chi connectivity index (χ3v) is 5.84. The van der Waals surface area contributed by atoms with Gasteiger partial charge in [-0.3, -0.25) is 4.72 Å². The second kappa shape index (κ2) is 7.81. The molecule has 1 atom stereocenters. The number of aromatic amines is 1. The van der Waals surface area contributed by atoms with Gasteiger partial charge in [-0.2, -0.15) is 0 Å². The van der Waals surface area contributed by atoms with Crippen LogP contribution in [0.4, 0.5) is 18.9 Å². The molecule has 3 rings (SSSR count). The summed E-state index contributed by atoms with van der Waals surface area (Å²) in [5.74, 6) is -2.52. The predicted octanol–water partition coefficient (Wildman–Crippen LogP) is 2.95.